The normalized spacial score (nSPS) is 23.5. The summed E-state index contributed by atoms with van der Waals surface area (Å²) in [5.41, 5.74) is 0.939. The number of pyridine rings is 1. The van der Waals surface area contributed by atoms with Crippen molar-refractivity contribution < 1.29 is 9.18 Å². The molecule has 0 bridgehead atoms. The highest BCUT2D eigenvalue weighted by molar-refractivity contribution is 6.28. The van der Waals surface area contributed by atoms with Gasteiger partial charge in [-0.25, -0.2) is 9.37 Å². The number of piperidine rings is 1. The van der Waals surface area contributed by atoms with Crippen LogP contribution in [-0.4, -0.2) is 40.5 Å². The third-order valence-corrected chi connectivity index (χ3v) is 5.46. The summed E-state index contributed by atoms with van der Waals surface area (Å²) >= 11 is 5.77. The standard InChI is InChI=1S/C19H19ClFN5O/c20-19-24-9-16(21)18(25-19)26-10-14-13(15(14)11-26)5-8-23-17(27)2-1-12-3-6-22-7-4-12/h1-4,6-7,9,13-15H,5,8,10-11H2,(H,23,27)/b2-1+. The molecule has 1 aliphatic carbocycles. The highest BCUT2D eigenvalue weighted by Crippen LogP contribution is 2.54. The Labute approximate surface area is 161 Å². The van der Waals surface area contributed by atoms with Gasteiger partial charge in [0.1, 0.15) is 0 Å². The number of nitrogens with one attached hydrogen (secondary N) is 1. The van der Waals surface area contributed by atoms with Crippen LogP contribution in [0.3, 0.4) is 0 Å². The van der Waals surface area contributed by atoms with Gasteiger partial charge < -0.3 is 10.2 Å². The number of halogens is 2. The second-order valence-corrected chi connectivity index (χ2v) is 7.24. The molecule has 2 aromatic rings. The van der Waals surface area contributed by atoms with Crippen molar-refractivity contribution in [3.8, 4) is 0 Å². The van der Waals surface area contributed by atoms with Crippen LogP contribution in [0, 0.1) is 23.6 Å². The number of carbonyl (C=O) groups is 1. The molecule has 3 heterocycles. The number of hydrogen-bond donors (Lipinski definition) is 1. The molecular formula is C19H19ClFN5O. The molecule has 27 heavy (non-hydrogen) atoms. The monoisotopic (exact) mass is 387 g/mol. The minimum Gasteiger partial charge on any atom is -0.353 e. The lowest BCUT2D eigenvalue weighted by molar-refractivity contribution is -0.116. The summed E-state index contributed by atoms with van der Waals surface area (Å²) < 4.78 is 13.9. The third-order valence-electron chi connectivity index (χ3n) is 5.28. The highest BCUT2D eigenvalue weighted by Gasteiger charge is 2.55. The molecule has 1 aliphatic heterocycles. The molecule has 2 atom stereocenters. The van der Waals surface area contributed by atoms with Crippen LogP contribution in [0.1, 0.15) is 12.0 Å². The molecule has 0 aromatic carbocycles. The smallest absolute Gasteiger partial charge is 0.243 e. The van der Waals surface area contributed by atoms with Crippen molar-refractivity contribution in [1.82, 2.24) is 20.3 Å². The van der Waals surface area contributed by atoms with Gasteiger partial charge in [0.2, 0.25) is 11.2 Å². The Kier molecular flexibility index (Phi) is 5.03. The zero-order valence-corrected chi connectivity index (χ0v) is 15.3. The Morgan fingerprint density at radius 1 is 1.33 bits per heavy atom. The first-order valence-corrected chi connectivity index (χ1v) is 9.28. The zero-order valence-electron chi connectivity index (χ0n) is 14.6. The van der Waals surface area contributed by atoms with E-state index in [9.17, 15) is 9.18 Å². The Balaban J connectivity index is 1.20. The summed E-state index contributed by atoms with van der Waals surface area (Å²) in [6, 6.07) is 3.68. The lowest BCUT2D eigenvalue weighted by Gasteiger charge is -2.21. The molecule has 0 spiro atoms. The number of anilines is 1. The van der Waals surface area contributed by atoms with Gasteiger partial charge in [0.05, 0.1) is 6.20 Å². The third kappa shape index (κ3) is 4.08. The molecule has 2 aliphatic rings. The SMILES string of the molecule is O=C(/C=C/c1ccncc1)NCCC1C2CN(c3nc(Cl)ncc3F)CC12. The fraction of sp³-hybridized carbons (Fsp3) is 0.368. The largest absolute Gasteiger partial charge is 0.353 e. The van der Waals surface area contributed by atoms with Gasteiger partial charge in [-0.05, 0) is 59.5 Å². The molecule has 6 nitrogen and oxygen atoms in total. The number of amides is 1. The van der Waals surface area contributed by atoms with Gasteiger partial charge in [-0.2, -0.15) is 4.98 Å². The van der Waals surface area contributed by atoms with Crippen LogP contribution >= 0.6 is 11.6 Å². The van der Waals surface area contributed by atoms with E-state index in [0.29, 0.717) is 24.3 Å². The van der Waals surface area contributed by atoms with Crippen LogP contribution in [0.5, 0.6) is 0 Å². The molecule has 1 saturated heterocycles. The average molecular weight is 388 g/mol. The highest BCUT2D eigenvalue weighted by atomic mass is 35.5. The lowest BCUT2D eigenvalue weighted by atomic mass is 10.2. The lowest BCUT2D eigenvalue weighted by Crippen LogP contribution is -2.28. The molecule has 2 unspecified atom stereocenters. The first-order valence-electron chi connectivity index (χ1n) is 8.91. The molecule has 140 valence electrons. The summed E-state index contributed by atoms with van der Waals surface area (Å²) in [5, 5.41) is 2.98. The number of aromatic nitrogens is 3. The fourth-order valence-electron chi connectivity index (χ4n) is 3.88. The minimum absolute atomic E-state index is 0.0612. The van der Waals surface area contributed by atoms with E-state index in [1.54, 1.807) is 18.5 Å². The van der Waals surface area contributed by atoms with E-state index in [2.05, 4.69) is 20.3 Å². The second-order valence-electron chi connectivity index (χ2n) is 6.90. The van der Waals surface area contributed by atoms with Crippen LogP contribution < -0.4 is 10.2 Å². The van der Waals surface area contributed by atoms with Gasteiger partial charge in [-0.3, -0.25) is 9.78 Å². The van der Waals surface area contributed by atoms with Gasteiger partial charge >= 0.3 is 0 Å². The van der Waals surface area contributed by atoms with Crippen molar-refractivity contribution in [2.45, 2.75) is 6.42 Å². The topological polar surface area (TPSA) is 71.0 Å². The fourth-order valence-corrected chi connectivity index (χ4v) is 4.01. The van der Waals surface area contributed by atoms with Crippen molar-refractivity contribution in [3.63, 3.8) is 0 Å². The predicted octanol–water partition coefficient (Wildman–Crippen LogP) is 2.57. The summed E-state index contributed by atoms with van der Waals surface area (Å²) in [7, 11) is 0. The molecule has 8 heteroatoms. The Morgan fingerprint density at radius 2 is 2.07 bits per heavy atom. The van der Waals surface area contributed by atoms with Crippen molar-refractivity contribution in [2.75, 3.05) is 24.5 Å². The van der Waals surface area contributed by atoms with E-state index in [4.69, 9.17) is 11.6 Å². The molecule has 1 saturated carbocycles. The Bertz CT molecular complexity index is 850. The Hall–Kier alpha value is -2.54. The molecule has 2 fully saturated rings. The summed E-state index contributed by atoms with van der Waals surface area (Å²) in [6.45, 7) is 2.19. The summed E-state index contributed by atoms with van der Waals surface area (Å²) in [4.78, 5) is 25.4. The van der Waals surface area contributed by atoms with Crippen molar-refractivity contribution in [3.05, 3.63) is 53.5 Å². The molecule has 1 N–H and O–H groups in total. The average Bonchev–Trinajstić information content (AvgIpc) is 3.12. The number of fused-ring (bicyclic) bond motifs is 1. The first-order chi connectivity index (χ1) is 13.1. The van der Waals surface area contributed by atoms with E-state index >= 15 is 0 Å². The molecule has 2 aromatic heterocycles. The summed E-state index contributed by atoms with van der Waals surface area (Å²) in [5.74, 6) is 1.38. The van der Waals surface area contributed by atoms with Crippen molar-refractivity contribution in [1.29, 1.82) is 0 Å². The van der Waals surface area contributed by atoms with Crippen LogP contribution in [0.25, 0.3) is 6.08 Å². The van der Waals surface area contributed by atoms with E-state index in [-0.39, 0.29) is 17.0 Å². The van der Waals surface area contributed by atoms with Crippen LogP contribution in [0.15, 0.2) is 36.8 Å². The second kappa shape index (κ2) is 7.60. The van der Waals surface area contributed by atoms with Gasteiger partial charge in [0.15, 0.2) is 11.6 Å². The number of hydrogen-bond acceptors (Lipinski definition) is 5. The maximum atomic E-state index is 13.9. The number of nitrogens with zero attached hydrogens (tertiary/aromatic N) is 4. The summed E-state index contributed by atoms with van der Waals surface area (Å²) in [6.07, 6.45) is 8.72. The zero-order chi connectivity index (χ0) is 18.8. The molecule has 1 amide bonds. The quantitative estimate of drug-likeness (QED) is 0.609. The maximum Gasteiger partial charge on any atom is 0.243 e. The van der Waals surface area contributed by atoms with Gasteiger partial charge in [-0.15, -0.1) is 0 Å². The molecule has 4 rings (SSSR count). The Morgan fingerprint density at radius 3 is 2.81 bits per heavy atom. The van der Waals surface area contributed by atoms with E-state index < -0.39 is 5.82 Å². The van der Waals surface area contributed by atoms with Crippen LogP contribution in [0.4, 0.5) is 10.2 Å². The molecular weight excluding hydrogens is 369 g/mol. The van der Waals surface area contributed by atoms with E-state index in [1.807, 2.05) is 17.0 Å². The maximum absolute atomic E-state index is 13.9. The van der Waals surface area contributed by atoms with Crippen LogP contribution in [-0.2, 0) is 4.79 Å². The van der Waals surface area contributed by atoms with Crippen LogP contribution in [0.2, 0.25) is 5.28 Å². The van der Waals surface area contributed by atoms with Crippen molar-refractivity contribution >= 4 is 29.4 Å². The molecule has 0 radical (unpaired) electrons. The van der Waals surface area contributed by atoms with Crippen molar-refractivity contribution in [2.24, 2.45) is 17.8 Å². The van der Waals surface area contributed by atoms with Gasteiger partial charge in [0.25, 0.3) is 0 Å². The predicted molar refractivity (Wildman–Crippen MR) is 101 cm³/mol. The van der Waals surface area contributed by atoms with E-state index in [1.165, 1.54) is 6.08 Å². The van der Waals surface area contributed by atoms with Gasteiger partial charge in [-0.1, -0.05) is 0 Å². The number of rotatable bonds is 6. The number of carbonyl (C=O) groups excluding carboxylic acids is 1. The van der Waals surface area contributed by atoms with Gasteiger partial charge in [0, 0.05) is 38.1 Å². The minimum atomic E-state index is -0.439. The first kappa shape index (κ1) is 17.9. The van der Waals surface area contributed by atoms with E-state index in [0.717, 1.165) is 31.3 Å².